The van der Waals surface area contributed by atoms with E-state index in [-0.39, 0.29) is 6.92 Å². The van der Waals surface area contributed by atoms with Gasteiger partial charge in [0.1, 0.15) is 20.1 Å². The highest BCUT2D eigenvalue weighted by atomic mass is 32.3. The van der Waals surface area contributed by atoms with Crippen molar-refractivity contribution >= 4 is 47.6 Å². The highest BCUT2D eigenvalue weighted by molar-refractivity contribution is 8.27. The fraction of sp³-hybridized carbons (Fsp3) is 0.833. The van der Waals surface area contributed by atoms with Crippen molar-refractivity contribution in [2.75, 3.05) is 5.75 Å². The molecule has 0 atom stereocenters. The van der Waals surface area contributed by atoms with Crippen LogP contribution in [0.3, 0.4) is 0 Å². The normalized spacial score (nSPS) is 17.0. The number of hydrogen-bond donors (Lipinski definition) is 0. The predicted molar refractivity (Wildman–Crippen MR) is 216 cm³/mol. The van der Waals surface area contributed by atoms with Gasteiger partial charge in [-0.05, 0) is 5.75 Å². The molecule has 0 bridgehead atoms. The lowest BCUT2D eigenvalue weighted by atomic mass is 9.94. The first-order valence-electron chi connectivity index (χ1n) is 22.6. The lowest BCUT2D eigenvalue weighted by molar-refractivity contribution is -0.440. The minimum absolute atomic E-state index is 0.230. The summed E-state index contributed by atoms with van der Waals surface area (Å²) in [5.74, 6) is -177. The molecule has 1 aliphatic heterocycles. The van der Waals surface area contributed by atoms with Crippen LogP contribution in [-0.4, -0.2) is 170 Å². The van der Waals surface area contributed by atoms with Crippen LogP contribution in [0.1, 0.15) is 6.92 Å². The number of nitrogens with zero attached hydrogens (tertiary/aromatic N) is 5. The zero-order valence-electron chi connectivity index (χ0n) is 43.9. The molecule has 63 heteroatoms. The molecule has 582 valence electrons. The van der Waals surface area contributed by atoms with Crippen molar-refractivity contribution in [2.45, 2.75) is 196 Å². The standard InChI is InChI=1S/C36H13F52N5O2S4/c1-2-96-7-8(90(4-14(39,40)18(47,48)22(55,56)26(63,64)30(71,72)34(80,81)82)11(94)89(7)3-13(37,38)17(45,46)21(53,54)25(61,62)29(69,70)33(77,78)79)97-93-98-9-10(99-93)92(6-16(43,44)20(51,52)24(59,60)28(67,68)32(75,76)36(86,87)88)12(95)91(9)5-15(41,42)19(49,50)23(57,58)27(65,66)31(73,74)35(83,84)85/h2-6H2,1H3. The van der Waals surface area contributed by atoms with E-state index in [1.807, 2.05) is 0 Å². The number of imidazole rings is 2. The van der Waals surface area contributed by atoms with Gasteiger partial charge in [0.15, 0.2) is 0 Å². The SMILES string of the molecule is CCSc1c(SN2Sc3c(n(CC(F)(F)C(F)(F)C(F)(F)C(F)(F)C(F)(F)C(F)(F)F)c(=O)n3CC(F)(F)C(F)(F)C(F)(F)C(F)(F)C(F)(F)C(F)(F)F)S2)n(CC(F)(F)C(F)(F)C(F)(F)C(F)(F)C(F)(F)C(F)(F)F)c(=O)n1CC(F)(F)C(F)(F)C(F)(F)C(F)(F)C(F)(F)C(F)(F)F. The minimum atomic E-state index is -9.19. The molecule has 0 N–H and O–H groups in total. The number of thioether (sulfide) groups is 1. The molecule has 2 aromatic heterocycles. The van der Waals surface area contributed by atoms with E-state index in [0.717, 1.165) is 0 Å². The van der Waals surface area contributed by atoms with Crippen molar-refractivity contribution in [3.05, 3.63) is 21.0 Å². The van der Waals surface area contributed by atoms with Gasteiger partial charge < -0.3 is 0 Å². The maximum Gasteiger partial charge on any atom is 0.460 e. The van der Waals surface area contributed by atoms with Crippen molar-refractivity contribution in [3.8, 4) is 0 Å². The first kappa shape index (κ1) is 89.0. The van der Waals surface area contributed by atoms with E-state index in [1.54, 1.807) is 0 Å². The maximum atomic E-state index is 15.6. The average molecular weight is 1660 g/mol. The van der Waals surface area contributed by atoms with E-state index in [0.29, 0.717) is 0 Å². The van der Waals surface area contributed by atoms with E-state index in [4.69, 9.17) is 0 Å². The van der Waals surface area contributed by atoms with E-state index >= 15 is 43.9 Å². The molecule has 99 heavy (non-hydrogen) atoms. The Labute approximate surface area is 520 Å². The molecule has 3 heterocycles. The quantitative estimate of drug-likeness (QED) is 0.0478. The molecule has 0 saturated carbocycles. The summed E-state index contributed by atoms with van der Waals surface area (Å²) < 4.78 is 725. The second-order valence-corrected chi connectivity index (χ2v) is 23.8. The lowest BCUT2D eigenvalue weighted by Crippen LogP contribution is -2.70. The number of hydrogen-bond acceptors (Lipinski definition) is 7. The largest absolute Gasteiger partial charge is 0.460 e. The third-order valence-corrected chi connectivity index (χ3v) is 17.2. The van der Waals surface area contributed by atoms with E-state index in [9.17, 15) is 194 Å². The predicted octanol–water partition coefficient (Wildman–Crippen LogP) is 18.7. The van der Waals surface area contributed by atoms with Gasteiger partial charge in [-0.15, -0.1) is 14.9 Å². The van der Waals surface area contributed by atoms with Crippen molar-refractivity contribution < 1.29 is 228 Å². The average Bonchev–Trinajstić information content (AvgIpc) is 1.21. The van der Waals surface area contributed by atoms with Crippen LogP contribution in [0.15, 0.2) is 29.7 Å². The molecular formula is C36H13F52N5O2S4. The van der Waals surface area contributed by atoms with Crippen molar-refractivity contribution in [3.63, 3.8) is 0 Å². The molecule has 0 amide bonds. The van der Waals surface area contributed by atoms with Crippen LogP contribution in [0.2, 0.25) is 0 Å². The molecule has 0 aliphatic carbocycles. The molecule has 0 radical (unpaired) electrons. The molecule has 0 saturated heterocycles. The van der Waals surface area contributed by atoms with Crippen LogP contribution < -0.4 is 11.4 Å². The van der Waals surface area contributed by atoms with Gasteiger partial charge in [0.25, 0.3) is 0 Å². The van der Waals surface area contributed by atoms with Gasteiger partial charge in [-0.2, -0.15) is 228 Å². The first-order valence-corrected chi connectivity index (χ1v) is 25.9. The highest BCUT2D eigenvalue weighted by Gasteiger charge is 2.95. The molecule has 2 aromatic rings. The van der Waals surface area contributed by atoms with Gasteiger partial charge in [0.05, 0.1) is 26.2 Å². The Morgan fingerprint density at radius 1 is 0.253 bits per heavy atom. The minimum Gasteiger partial charge on any atom is -0.279 e. The van der Waals surface area contributed by atoms with Crippen LogP contribution in [0.5, 0.6) is 0 Å². The Kier molecular flexibility index (Phi) is 21.9. The summed E-state index contributed by atoms with van der Waals surface area (Å²) in [6.45, 7) is -18.3. The summed E-state index contributed by atoms with van der Waals surface area (Å²) in [6, 6.07) is 0. The fourth-order valence-corrected chi connectivity index (χ4v) is 11.6. The summed E-state index contributed by atoms with van der Waals surface area (Å²) in [5.41, 5.74) is -7.87. The maximum absolute atomic E-state index is 15.6. The Bertz CT molecular complexity index is 3300. The van der Waals surface area contributed by atoms with Crippen LogP contribution in [0, 0.1) is 0 Å². The van der Waals surface area contributed by atoms with E-state index in [2.05, 4.69) is 0 Å². The number of rotatable bonds is 28. The Hall–Kier alpha value is -4.26. The van der Waals surface area contributed by atoms with Gasteiger partial charge in [-0.25, -0.2) is 9.59 Å². The lowest BCUT2D eigenvalue weighted by Gasteiger charge is -2.40. The first-order chi connectivity index (χ1) is 42.6. The summed E-state index contributed by atoms with van der Waals surface area (Å²) >= 11 is -6.60. The molecule has 3 rings (SSSR count). The van der Waals surface area contributed by atoms with Gasteiger partial charge in [-0.1, -0.05) is 6.92 Å². The van der Waals surface area contributed by atoms with E-state index < -0.39 is 276 Å². The van der Waals surface area contributed by atoms with Crippen LogP contribution in [-0.2, 0) is 26.2 Å². The molecule has 0 fully saturated rings. The number of aromatic nitrogens is 4. The van der Waals surface area contributed by atoms with Gasteiger partial charge in [0.2, 0.25) is 0 Å². The Balaban J connectivity index is 2.69. The Morgan fingerprint density at radius 2 is 0.424 bits per heavy atom. The smallest absolute Gasteiger partial charge is 0.279 e. The summed E-state index contributed by atoms with van der Waals surface area (Å²) in [4.78, 5) is 26.9. The second-order valence-electron chi connectivity index (χ2n) is 19.1. The molecular weight excluding hydrogens is 1650 g/mol. The molecule has 0 aromatic carbocycles. The highest BCUT2D eigenvalue weighted by Crippen LogP contribution is 2.67. The van der Waals surface area contributed by atoms with Crippen LogP contribution in [0.25, 0.3) is 0 Å². The zero-order valence-corrected chi connectivity index (χ0v) is 47.1. The molecule has 0 unspecified atom stereocenters. The second kappa shape index (κ2) is 24.4. The summed E-state index contributed by atoms with van der Waals surface area (Å²) in [7, 11) is 0. The third kappa shape index (κ3) is 12.5. The van der Waals surface area contributed by atoms with Gasteiger partial charge in [-0.3, -0.25) is 18.3 Å². The van der Waals surface area contributed by atoms with Crippen molar-refractivity contribution in [2.24, 2.45) is 0 Å². The molecule has 0 spiro atoms. The third-order valence-electron chi connectivity index (χ3n) is 12.5. The number of alkyl halides is 52. The Morgan fingerprint density at radius 3 is 0.616 bits per heavy atom. The fourth-order valence-electron chi connectivity index (χ4n) is 6.87. The summed E-state index contributed by atoms with van der Waals surface area (Å²) in [6.07, 6.45) is -33.3. The van der Waals surface area contributed by atoms with Gasteiger partial charge in [0, 0.05) is 35.8 Å². The zero-order chi connectivity index (χ0) is 79.7. The van der Waals surface area contributed by atoms with Crippen LogP contribution >= 0.6 is 47.6 Å². The summed E-state index contributed by atoms with van der Waals surface area (Å²) in [5, 5.41) is -11.5. The molecule has 1 aliphatic rings. The van der Waals surface area contributed by atoms with Gasteiger partial charge >= 0.3 is 155 Å². The van der Waals surface area contributed by atoms with Crippen molar-refractivity contribution in [1.29, 1.82) is 0 Å². The monoisotopic (exact) mass is 1660 g/mol. The molecule has 7 nitrogen and oxygen atoms in total. The van der Waals surface area contributed by atoms with E-state index in [1.165, 1.54) is 0 Å². The number of halogens is 52. The van der Waals surface area contributed by atoms with Crippen LogP contribution in [0.4, 0.5) is 228 Å². The topological polar surface area (TPSA) is 57.1 Å². The van der Waals surface area contributed by atoms with Crippen molar-refractivity contribution in [1.82, 2.24) is 21.4 Å². The number of fused-ring (bicyclic) bond motifs is 1.